The summed E-state index contributed by atoms with van der Waals surface area (Å²) in [6, 6.07) is 0. The summed E-state index contributed by atoms with van der Waals surface area (Å²) in [6.07, 6.45) is 14.7. The highest BCUT2D eigenvalue weighted by Gasteiger charge is 2.57. The van der Waals surface area contributed by atoms with Crippen molar-refractivity contribution in [3.8, 4) is 0 Å². The first-order valence-corrected chi connectivity index (χ1v) is 14.5. The molecular weight excluding hydrogens is 430 g/mol. The molecule has 0 aromatic heterocycles. The van der Waals surface area contributed by atoms with E-state index in [2.05, 4.69) is 26.8 Å². The van der Waals surface area contributed by atoms with Crippen LogP contribution in [-0.4, -0.2) is 27.3 Å². The summed E-state index contributed by atoms with van der Waals surface area (Å²) < 4.78 is 27.2. The zero-order chi connectivity index (χ0) is 24.4. The van der Waals surface area contributed by atoms with Gasteiger partial charge < -0.3 is 10.2 Å². The molecular formula is C30H48F2O2. The van der Waals surface area contributed by atoms with Gasteiger partial charge in [-0.2, -0.15) is 0 Å². The summed E-state index contributed by atoms with van der Waals surface area (Å²) in [5.41, 5.74) is 0.602. The Morgan fingerprint density at radius 1 is 0.941 bits per heavy atom. The molecule has 1 unspecified atom stereocenters. The summed E-state index contributed by atoms with van der Waals surface area (Å²) in [6.45, 7) is 7.06. The van der Waals surface area contributed by atoms with E-state index >= 15 is 0 Å². The molecule has 8 atom stereocenters. The number of fused-ring (bicyclic) bond motifs is 5. The lowest BCUT2D eigenvalue weighted by molar-refractivity contribution is -0.109. The number of aliphatic hydroxyl groups is 2. The molecule has 2 N–H and O–H groups in total. The fraction of sp³-hybridized carbons (Fsp3) is 0.933. The molecule has 0 aromatic carbocycles. The molecule has 0 aromatic rings. The maximum Gasteiger partial charge on any atom is 0.248 e. The molecule has 5 aliphatic carbocycles. The molecule has 0 bridgehead atoms. The fourth-order valence-corrected chi connectivity index (χ4v) is 9.67. The van der Waals surface area contributed by atoms with Crippen molar-refractivity contribution in [3.63, 3.8) is 0 Å². The Bertz CT molecular complexity index is 783. The standard InChI is InChI=1S/C30H48F2O2/c1-4-28(33)14-11-22-21(19-28)5-6-24-23(22)10-12-27(3)25(7-8-26(24)27)20(2)9-13-29(34)15-17-30(31,32)18-16-29/h5,20,22-26,33-34H,4,6-19H2,1-3H3/t20-,22+,23?,24-,25-,26+,27-,28+/m1/s1. The van der Waals surface area contributed by atoms with E-state index in [1.54, 1.807) is 5.57 Å². The molecule has 0 amide bonds. The zero-order valence-electron chi connectivity index (χ0n) is 21.8. The van der Waals surface area contributed by atoms with Crippen molar-refractivity contribution in [2.75, 3.05) is 0 Å². The highest BCUT2D eigenvalue weighted by molar-refractivity contribution is 5.22. The Kier molecular flexibility index (Phi) is 6.53. The highest BCUT2D eigenvalue weighted by Crippen LogP contribution is 2.65. The minimum Gasteiger partial charge on any atom is -0.390 e. The van der Waals surface area contributed by atoms with Gasteiger partial charge in [0.25, 0.3) is 0 Å². The normalized spacial score (nSPS) is 46.1. The molecule has 0 radical (unpaired) electrons. The molecule has 5 rings (SSSR count). The van der Waals surface area contributed by atoms with Gasteiger partial charge in [0.2, 0.25) is 5.92 Å². The van der Waals surface area contributed by atoms with E-state index in [0.29, 0.717) is 29.6 Å². The molecule has 0 spiro atoms. The average molecular weight is 479 g/mol. The van der Waals surface area contributed by atoms with Crippen LogP contribution in [0.2, 0.25) is 0 Å². The van der Waals surface area contributed by atoms with Gasteiger partial charge in [0, 0.05) is 12.8 Å². The molecule has 0 heterocycles. The van der Waals surface area contributed by atoms with E-state index in [0.717, 1.165) is 49.9 Å². The first-order chi connectivity index (χ1) is 16.0. The van der Waals surface area contributed by atoms with Crippen molar-refractivity contribution in [1.29, 1.82) is 0 Å². The van der Waals surface area contributed by atoms with Gasteiger partial charge in [-0.05, 0) is 124 Å². The minimum atomic E-state index is -2.58. The Hall–Kier alpha value is -0.480. The van der Waals surface area contributed by atoms with E-state index in [4.69, 9.17) is 0 Å². The Balaban J connectivity index is 1.23. The molecule has 194 valence electrons. The van der Waals surface area contributed by atoms with Crippen LogP contribution in [0.1, 0.15) is 117 Å². The topological polar surface area (TPSA) is 40.5 Å². The second kappa shape index (κ2) is 8.82. The number of hydrogen-bond acceptors (Lipinski definition) is 2. The van der Waals surface area contributed by atoms with Gasteiger partial charge in [0.1, 0.15) is 0 Å². The van der Waals surface area contributed by atoms with Crippen LogP contribution in [0.4, 0.5) is 8.78 Å². The molecule has 34 heavy (non-hydrogen) atoms. The van der Waals surface area contributed by atoms with Gasteiger partial charge in [-0.3, -0.25) is 0 Å². The predicted octanol–water partition coefficient (Wildman–Crippen LogP) is 7.67. The Labute approximate surface area is 206 Å². The predicted molar refractivity (Wildman–Crippen MR) is 133 cm³/mol. The largest absolute Gasteiger partial charge is 0.390 e. The van der Waals surface area contributed by atoms with E-state index < -0.39 is 17.1 Å². The van der Waals surface area contributed by atoms with Crippen LogP contribution in [0, 0.1) is 40.9 Å². The lowest BCUT2D eigenvalue weighted by atomic mass is 9.50. The van der Waals surface area contributed by atoms with Gasteiger partial charge in [0.05, 0.1) is 11.2 Å². The number of hydrogen-bond donors (Lipinski definition) is 2. The van der Waals surface area contributed by atoms with Gasteiger partial charge in [-0.15, -0.1) is 0 Å². The molecule has 4 heteroatoms. The summed E-state index contributed by atoms with van der Waals surface area (Å²) >= 11 is 0. The van der Waals surface area contributed by atoms with Crippen LogP contribution in [0.3, 0.4) is 0 Å². The molecule has 2 nitrogen and oxygen atoms in total. The monoisotopic (exact) mass is 478 g/mol. The van der Waals surface area contributed by atoms with Crippen LogP contribution < -0.4 is 0 Å². The molecule has 4 saturated carbocycles. The van der Waals surface area contributed by atoms with E-state index in [9.17, 15) is 19.0 Å². The molecule has 0 aliphatic heterocycles. The summed E-state index contributed by atoms with van der Waals surface area (Å²) in [4.78, 5) is 0. The van der Waals surface area contributed by atoms with Crippen molar-refractivity contribution >= 4 is 0 Å². The molecule has 4 fully saturated rings. The van der Waals surface area contributed by atoms with Crippen molar-refractivity contribution in [3.05, 3.63) is 11.6 Å². The van der Waals surface area contributed by atoms with Crippen LogP contribution >= 0.6 is 0 Å². The summed E-state index contributed by atoms with van der Waals surface area (Å²) in [5.74, 6) is 1.74. The first kappa shape index (κ1) is 25.2. The second-order valence-corrected chi connectivity index (χ2v) is 13.7. The van der Waals surface area contributed by atoms with Gasteiger partial charge in [0.15, 0.2) is 0 Å². The van der Waals surface area contributed by atoms with E-state index in [1.165, 1.54) is 32.1 Å². The van der Waals surface area contributed by atoms with Crippen molar-refractivity contribution in [1.82, 2.24) is 0 Å². The Morgan fingerprint density at radius 2 is 1.68 bits per heavy atom. The van der Waals surface area contributed by atoms with Crippen LogP contribution in [0.15, 0.2) is 11.6 Å². The lowest BCUT2D eigenvalue weighted by Crippen LogP contribution is -2.48. The first-order valence-electron chi connectivity index (χ1n) is 14.5. The maximum absolute atomic E-state index is 13.6. The third-order valence-electron chi connectivity index (χ3n) is 12.0. The minimum absolute atomic E-state index is 0.156. The fourth-order valence-electron chi connectivity index (χ4n) is 9.67. The van der Waals surface area contributed by atoms with Crippen molar-refractivity contribution < 1.29 is 19.0 Å². The smallest absolute Gasteiger partial charge is 0.248 e. The third kappa shape index (κ3) is 4.42. The van der Waals surface area contributed by atoms with Gasteiger partial charge >= 0.3 is 0 Å². The summed E-state index contributed by atoms with van der Waals surface area (Å²) in [5, 5.41) is 21.8. The van der Waals surface area contributed by atoms with Crippen molar-refractivity contribution in [2.24, 2.45) is 40.9 Å². The number of allylic oxidation sites excluding steroid dienone is 1. The number of halogens is 2. The quantitative estimate of drug-likeness (QED) is 0.398. The highest BCUT2D eigenvalue weighted by atomic mass is 19.3. The SMILES string of the molecule is CC[C@]1(O)CC[C@H]2C(=CC[C@@H]3C2CC[C@]2(C)[C@@H]([C@H](C)CCC4(O)CCC(F)(F)CC4)CC[C@@H]32)C1. The number of rotatable bonds is 5. The zero-order valence-corrected chi connectivity index (χ0v) is 21.8. The van der Waals surface area contributed by atoms with Gasteiger partial charge in [-0.1, -0.05) is 32.4 Å². The third-order valence-corrected chi connectivity index (χ3v) is 12.0. The summed E-state index contributed by atoms with van der Waals surface area (Å²) in [7, 11) is 0. The average Bonchev–Trinajstić information content (AvgIpc) is 3.17. The van der Waals surface area contributed by atoms with E-state index in [-0.39, 0.29) is 25.7 Å². The van der Waals surface area contributed by atoms with Crippen LogP contribution in [0.25, 0.3) is 0 Å². The maximum atomic E-state index is 13.6. The number of alkyl halides is 2. The molecule has 0 saturated heterocycles. The van der Waals surface area contributed by atoms with E-state index in [1.807, 2.05) is 0 Å². The van der Waals surface area contributed by atoms with Crippen LogP contribution in [-0.2, 0) is 0 Å². The van der Waals surface area contributed by atoms with Crippen LogP contribution in [0.5, 0.6) is 0 Å². The van der Waals surface area contributed by atoms with Gasteiger partial charge in [-0.25, -0.2) is 8.78 Å². The molecule has 5 aliphatic rings. The van der Waals surface area contributed by atoms with Crippen molar-refractivity contribution in [2.45, 2.75) is 134 Å². The lowest BCUT2D eigenvalue weighted by Gasteiger charge is -2.55. The Morgan fingerprint density at radius 3 is 2.38 bits per heavy atom. The second-order valence-electron chi connectivity index (χ2n) is 13.7.